The Labute approximate surface area is 701 Å². The fraction of sp³-hybridized carbons (Fsp3) is 0.265. The predicted octanol–water partition coefficient (Wildman–Crippen LogP) is 23.0. The highest BCUT2D eigenvalue weighted by molar-refractivity contribution is 6.11. The Kier molecular flexibility index (Phi) is 18.3. The van der Waals surface area contributed by atoms with Crippen LogP contribution in [0.1, 0.15) is 105 Å². The standard InChI is InChI=1S/C20H22N2O.C18H18N2O.C16H18N2.2C15H17N3.C14H16N4/c1-13(2)21-11-12-22(15(21)4)19-14(3)9-10-17-16-7-5-6-8-18(16)23-20(17)19;1-12-8-9-15-14-6-4-5-7-16(14)21-18(15)17(12)20-11-10-19(3)13(20)2;1-12-8-4-5-9-14(12)18-13(2)17(3)15-10-6-7-11-16(15)18;1-11-7-4-5-8-13(11)18-12(2)17(3)15-14(18)9-6-10-16-15;1-11-7-4-5-8-13(11)18-12(2)17(3)14-9-6-10-16-15(14)18;1-10-6-4-5-7-12(10)18-11(2)17(3)13-14(18)16-9-8-15-13/h5-13,15H,1-4H3;4-11,13H,1-3H3;4-11,13H,1-3H3;2*4-10,12H,1-3H3;4-9,11H,1-3H3/i;;4*3D3. The summed E-state index contributed by atoms with van der Waals surface area (Å²) in [7, 11) is 2.09. The Balaban J connectivity index is 0.000000118. The van der Waals surface area contributed by atoms with Crippen LogP contribution < -0.4 is 49.0 Å². The molecule has 0 N–H and O–H groups in total. The first-order valence-electron chi connectivity index (χ1n) is 45.5. The van der Waals surface area contributed by atoms with Gasteiger partial charge < -0.3 is 67.6 Å². The van der Waals surface area contributed by atoms with Crippen LogP contribution in [0.2, 0.25) is 0 Å². The third-order valence-electron chi connectivity index (χ3n) is 22.8. The van der Waals surface area contributed by atoms with Crippen molar-refractivity contribution in [1.29, 1.82) is 0 Å². The van der Waals surface area contributed by atoms with Gasteiger partial charge in [-0.3, -0.25) is 0 Å². The molecule has 6 atom stereocenters. The third-order valence-corrected chi connectivity index (χ3v) is 22.8. The summed E-state index contributed by atoms with van der Waals surface area (Å²) >= 11 is 0. The summed E-state index contributed by atoms with van der Waals surface area (Å²) in [6.07, 6.45) is 14.3. The van der Waals surface area contributed by atoms with Crippen LogP contribution in [0.5, 0.6) is 0 Å². The number of para-hydroxylation sites is 8. The van der Waals surface area contributed by atoms with E-state index in [-0.39, 0.29) is 30.8 Å². The Hall–Kier alpha value is -13.0. The summed E-state index contributed by atoms with van der Waals surface area (Å²) < 4.78 is 106. The second kappa shape index (κ2) is 32.9. The summed E-state index contributed by atoms with van der Waals surface area (Å²) in [4.78, 5) is 40.1. The maximum atomic E-state index is 7.83. The fourth-order valence-electron chi connectivity index (χ4n) is 16.3. The number of aryl methyl sites for hydroxylation is 6. The van der Waals surface area contributed by atoms with E-state index >= 15 is 0 Å². The van der Waals surface area contributed by atoms with E-state index in [2.05, 4.69) is 166 Å². The van der Waals surface area contributed by atoms with Gasteiger partial charge in [0.05, 0.1) is 34.1 Å². The van der Waals surface area contributed by atoms with E-state index in [0.29, 0.717) is 41.2 Å². The Morgan fingerprint density at radius 3 is 1.16 bits per heavy atom. The van der Waals surface area contributed by atoms with E-state index in [4.69, 9.17) is 25.3 Å². The van der Waals surface area contributed by atoms with Crippen LogP contribution in [0.15, 0.2) is 277 Å². The lowest BCUT2D eigenvalue weighted by atomic mass is 10.1. The Morgan fingerprint density at radius 2 is 0.672 bits per heavy atom. The van der Waals surface area contributed by atoms with E-state index in [0.717, 1.165) is 90.1 Å². The molecule has 9 aromatic carbocycles. The average Bonchev–Trinajstić information content (AvgIpc) is 1.59. The zero-order chi connectivity index (χ0) is 91.5. The molecule has 0 saturated carbocycles. The van der Waals surface area contributed by atoms with Crippen molar-refractivity contribution in [1.82, 2.24) is 29.7 Å². The minimum atomic E-state index is -2.26. The van der Waals surface area contributed by atoms with Gasteiger partial charge in [0.2, 0.25) is 0 Å². The van der Waals surface area contributed by atoms with Crippen LogP contribution in [-0.4, -0.2) is 108 Å². The molecule has 20 rings (SSSR count). The highest BCUT2D eigenvalue weighted by atomic mass is 16.3. The molecule has 0 amide bonds. The van der Waals surface area contributed by atoms with Gasteiger partial charge in [-0.1, -0.05) is 146 Å². The Bertz CT molecular complexity index is 5960. The van der Waals surface area contributed by atoms with Crippen LogP contribution in [0.4, 0.5) is 80.1 Å². The van der Waals surface area contributed by atoms with Gasteiger partial charge in [-0.25, -0.2) is 19.9 Å². The van der Waals surface area contributed by atoms with Gasteiger partial charge in [0.15, 0.2) is 34.4 Å². The molecule has 116 heavy (non-hydrogen) atoms. The number of hydrogen-bond acceptors (Lipinski definition) is 18. The second-order valence-corrected chi connectivity index (χ2v) is 30.3. The van der Waals surface area contributed by atoms with E-state index in [1.807, 2.05) is 234 Å². The van der Waals surface area contributed by atoms with Gasteiger partial charge in [0.1, 0.15) is 48.2 Å². The summed E-state index contributed by atoms with van der Waals surface area (Å²) in [5.41, 5.74) is 20.2. The topological polar surface area (TPSA) is 117 Å². The highest BCUT2D eigenvalue weighted by Crippen LogP contribution is 2.48. The molecule has 592 valence electrons. The molecular formula is C98H108N16O2. The fourth-order valence-corrected chi connectivity index (χ4v) is 16.3. The minimum Gasteiger partial charge on any atom is -0.454 e. The average molecular weight is 1550 g/mol. The third kappa shape index (κ3) is 14.4. The van der Waals surface area contributed by atoms with Gasteiger partial charge in [-0.2, -0.15) is 0 Å². The number of benzene rings is 9. The van der Waals surface area contributed by atoms with Crippen molar-refractivity contribution in [2.24, 2.45) is 0 Å². The molecule has 6 aliphatic rings. The number of nitrogens with zero attached hydrogens (tertiary/aromatic N) is 16. The molecule has 18 heteroatoms. The van der Waals surface area contributed by atoms with Gasteiger partial charge in [0.25, 0.3) is 0 Å². The minimum absolute atomic E-state index is 0.254. The van der Waals surface area contributed by atoms with Crippen molar-refractivity contribution in [3.63, 3.8) is 0 Å². The lowest BCUT2D eigenvalue weighted by molar-refractivity contribution is 0.263. The van der Waals surface area contributed by atoms with Crippen LogP contribution in [0, 0.1) is 41.5 Å². The zero-order valence-electron chi connectivity index (χ0n) is 80.4. The van der Waals surface area contributed by atoms with Crippen molar-refractivity contribution in [3.05, 3.63) is 301 Å². The molecule has 0 aliphatic carbocycles. The van der Waals surface area contributed by atoms with E-state index in [1.54, 1.807) is 24.7 Å². The number of pyridine rings is 2. The smallest absolute Gasteiger partial charge is 0.178 e. The van der Waals surface area contributed by atoms with Crippen LogP contribution in [0.3, 0.4) is 0 Å². The summed E-state index contributed by atoms with van der Waals surface area (Å²) in [6.45, 7) is 20.0. The van der Waals surface area contributed by atoms with Gasteiger partial charge >= 0.3 is 0 Å². The molecule has 6 aliphatic heterocycles. The number of hydrogen-bond donors (Lipinski definition) is 0. The van der Waals surface area contributed by atoms with Crippen molar-refractivity contribution >= 4 is 124 Å². The van der Waals surface area contributed by atoms with Gasteiger partial charge in [-0.05, 0) is 203 Å². The quantitative estimate of drug-likeness (QED) is 0.150. The number of fused-ring (bicyclic) bond motifs is 10. The number of furan rings is 2. The van der Waals surface area contributed by atoms with Crippen LogP contribution >= 0.6 is 0 Å². The summed E-state index contributed by atoms with van der Waals surface area (Å²) in [6, 6.07) is 72.5. The van der Waals surface area contributed by atoms with Crippen molar-refractivity contribution in [2.45, 2.75) is 140 Å². The molecule has 0 bridgehead atoms. The molecule has 0 fully saturated rings. The molecule has 0 spiro atoms. The molecule has 14 aromatic rings. The number of anilines is 14. The maximum absolute atomic E-state index is 7.83. The SMILES string of the molecule is Cc1ccc2c(oc3ccccc32)c1N1C=CN(C(C)C)C1C.Cc1ccc2c(oc3ccccc32)c1N1C=CN(C)C1C.[2H]C([2H])([2H])N1c2ccccc2N(c2ccccc2C)C1C.[2H]C([2H])([2H])N1c2cccnc2N(c2ccccc2C)C1C.[2H]C([2H])([2H])N1c2ncccc2N(c2ccccc2C)C1C.[2H]C([2H])([2H])N1c2nccnc2N(c2ccccc2C)C1C. The molecule has 0 radical (unpaired) electrons. The first kappa shape index (κ1) is 64.4. The Morgan fingerprint density at radius 1 is 0.302 bits per heavy atom. The van der Waals surface area contributed by atoms with E-state index in [1.165, 1.54) is 64.2 Å². The molecule has 6 unspecified atom stereocenters. The highest BCUT2D eigenvalue weighted by Gasteiger charge is 2.38. The van der Waals surface area contributed by atoms with Gasteiger partial charge in [0, 0.05) is 151 Å². The molecule has 18 nitrogen and oxygen atoms in total. The molecule has 11 heterocycles. The summed E-state index contributed by atoms with van der Waals surface area (Å²) in [5.74, 6) is 2.17. The van der Waals surface area contributed by atoms with E-state index in [9.17, 15) is 0 Å². The number of rotatable bonds is 7. The van der Waals surface area contributed by atoms with Gasteiger partial charge in [-0.15, -0.1) is 0 Å². The normalized spacial score (nSPS) is 20.1. The first-order chi connectivity index (χ1) is 60.9. The lowest BCUT2D eigenvalue weighted by Gasteiger charge is -2.33. The largest absolute Gasteiger partial charge is 0.454 e. The molecule has 5 aromatic heterocycles. The zero-order valence-corrected chi connectivity index (χ0v) is 68.4. The first-order valence-corrected chi connectivity index (χ1v) is 39.5. The maximum Gasteiger partial charge on any atom is 0.178 e. The monoisotopic (exact) mass is 1550 g/mol. The van der Waals surface area contributed by atoms with Crippen LogP contribution in [-0.2, 0) is 0 Å². The van der Waals surface area contributed by atoms with E-state index < -0.39 is 27.9 Å². The van der Waals surface area contributed by atoms with Crippen LogP contribution in [0.25, 0.3) is 43.9 Å². The number of aromatic nitrogens is 4. The molecule has 0 saturated heterocycles. The van der Waals surface area contributed by atoms with Crippen molar-refractivity contribution in [3.8, 4) is 0 Å². The predicted molar refractivity (Wildman–Crippen MR) is 485 cm³/mol. The molecular weight excluding hydrogens is 1430 g/mol. The van der Waals surface area contributed by atoms with Crippen molar-refractivity contribution < 1.29 is 25.3 Å². The summed E-state index contributed by atoms with van der Waals surface area (Å²) in [5, 5.41) is 4.73. The lowest BCUT2D eigenvalue weighted by Crippen LogP contribution is -2.39. The second-order valence-electron chi connectivity index (χ2n) is 30.3. The van der Waals surface area contributed by atoms with Crippen molar-refractivity contribution in [2.75, 3.05) is 84.0 Å².